The summed E-state index contributed by atoms with van der Waals surface area (Å²) in [5.74, 6) is 0. The monoisotopic (exact) mass is 138 g/mol. The minimum atomic E-state index is 0.429. The molecule has 54 valence electrons. The van der Waals surface area contributed by atoms with Gasteiger partial charge in [0.25, 0.3) is 0 Å². The van der Waals surface area contributed by atoms with E-state index in [-0.39, 0.29) is 0 Å². The number of rotatable bonds is 2. The van der Waals surface area contributed by atoms with Crippen molar-refractivity contribution in [3.8, 4) is 0 Å². The van der Waals surface area contributed by atoms with Crippen LogP contribution in [0.1, 0.15) is 5.69 Å². The summed E-state index contributed by atoms with van der Waals surface area (Å²) in [7, 11) is 0. The number of epoxide rings is 1. The molecule has 1 aliphatic rings. The minimum Gasteiger partial charge on any atom is -0.371 e. The average Bonchev–Trinajstić information content (AvgIpc) is 2.62. The lowest BCUT2D eigenvalue weighted by molar-refractivity contribution is 0.371. The first-order valence-corrected chi connectivity index (χ1v) is 3.46. The van der Waals surface area contributed by atoms with Crippen molar-refractivity contribution in [1.29, 1.82) is 0 Å². The third-order valence-corrected chi connectivity index (χ3v) is 1.71. The van der Waals surface area contributed by atoms with Gasteiger partial charge in [0, 0.05) is 11.9 Å². The van der Waals surface area contributed by atoms with Crippen molar-refractivity contribution >= 4 is 0 Å². The predicted molar refractivity (Wildman–Crippen MR) is 36.7 cm³/mol. The second-order valence-corrected chi connectivity index (χ2v) is 2.61. The van der Waals surface area contributed by atoms with Gasteiger partial charge in [-0.1, -0.05) is 0 Å². The highest BCUT2D eigenvalue weighted by molar-refractivity contribution is 4.97. The summed E-state index contributed by atoms with van der Waals surface area (Å²) >= 11 is 0. The number of aromatic nitrogens is 2. The van der Waals surface area contributed by atoms with Crippen molar-refractivity contribution in [2.45, 2.75) is 19.6 Å². The second-order valence-electron chi connectivity index (χ2n) is 2.61. The molecule has 0 aliphatic carbocycles. The predicted octanol–water partition coefficient (Wildman–Crippen LogP) is 0.590. The molecule has 10 heavy (non-hydrogen) atoms. The van der Waals surface area contributed by atoms with Crippen LogP contribution in [0.4, 0.5) is 0 Å². The van der Waals surface area contributed by atoms with Gasteiger partial charge in [-0.15, -0.1) is 0 Å². The molecule has 1 aromatic rings. The fourth-order valence-electron chi connectivity index (χ4n) is 0.956. The molecular weight excluding hydrogens is 128 g/mol. The van der Waals surface area contributed by atoms with Crippen LogP contribution < -0.4 is 0 Å². The van der Waals surface area contributed by atoms with Crippen LogP contribution >= 0.6 is 0 Å². The van der Waals surface area contributed by atoms with Crippen LogP contribution in [0.25, 0.3) is 0 Å². The summed E-state index contributed by atoms with van der Waals surface area (Å²) in [5, 5.41) is 4.13. The Morgan fingerprint density at radius 1 is 1.90 bits per heavy atom. The first-order valence-electron chi connectivity index (χ1n) is 3.46. The van der Waals surface area contributed by atoms with Gasteiger partial charge in [-0.05, 0) is 13.0 Å². The van der Waals surface area contributed by atoms with Gasteiger partial charge in [0.2, 0.25) is 0 Å². The van der Waals surface area contributed by atoms with Crippen LogP contribution in [-0.4, -0.2) is 22.5 Å². The maximum atomic E-state index is 5.08. The van der Waals surface area contributed by atoms with E-state index in [1.54, 1.807) is 0 Å². The van der Waals surface area contributed by atoms with Crippen LogP contribution in [0.3, 0.4) is 0 Å². The van der Waals surface area contributed by atoms with E-state index in [0.717, 1.165) is 13.2 Å². The molecule has 1 fully saturated rings. The summed E-state index contributed by atoms with van der Waals surface area (Å²) in [6, 6.07) is 2.00. The van der Waals surface area contributed by atoms with Gasteiger partial charge in [-0.25, -0.2) is 0 Å². The molecule has 1 unspecified atom stereocenters. The molecule has 1 aliphatic heterocycles. The van der Waals surface area contributed by atoms with Crippen LogP contribution in [0.2, 0.25) is 0 Å². The highest BCUT2D eigenvalue weighted by Crippen LogP contribution is 2.11. The largest absolute Gasteiger partial charge is 0.371 e. The zero-order chi connectivity index (χ0) is 6.97. The molecule has 2 heterocycles. The van der Waals surface area contributed by atoms with E-state index in [9.17, 15) is 0 Å². The summed E-state index contributed by atoms with van der Waals surface area (Å²) in [5.41, 5.74) is 1.20. The Kier molecular flexibility index (Phi) is 1.24. The Balaban J connectivity index is 2.08. The fourth-order valence-corrected chi connectivity index (χ4v) is 0.956. The third-order valence-electron chi connectivity index (χ3n) is 1.71. The highest BCUT2D eigenvalue weighted by Gasteiger charge is 2.23. The van der Waals surface area contributed by atoms with Crippen LogP contribution in [0.5, 0.6) is 0 Å². The summed E-state index contributed by atoms with van der Waals surface area (Å²) in [4.78, 5) is 0. The topological polar surface area (TPSA) is 30.4 Å². The van der Waals surface area contributed by atoms with E-state index in [1.807, 2.05) is 16.9 Å². The molecule has 3 nitrogen and oxygen atoms in total. The minimum absolute atomic E-state index is 0.429. The average molecular weight is 138 g/mol. The SMILES string of the molecule is Cc1ccnn1CC1CO1. The standard InChI is InChI=1S/C7H10N2O/c1-6-2-3-8-9(6)4-7-5-10-7/h2-3,7H,4-5H2,1H3. The van der Waals surface area contributed by atoms with E-state index in [4.69, 9.17) is 4.74 Å². The molecule has 1 saturated heterocycles. The van der Waals surface area contributed by atoms with Gasteiger partial charge < -0.3 is 4.74 Å². The van der Waals surface area contributed by atoms with Crippen molar-refractivity contribution in [3.63, 3.8) is 0 Å². The lowest BCUT2D eigenvalue weighted by Crippen LogP contribution is -2.06. The van der Waals surface area contributed by atoms with Gasteiger partial charge in [-0.2, -0.15) is 5.10 Å². The van der Waals surface area contributed by atoms with E-state index in [1.165, 1.54) is 5.69 Å². The van der Waals surface area contributed by atoms with E-state index in [0.29, 0.717) is 6.10 Å². The molecule has 1 aromatic heterocycles. The zero-order valence-corrected chi connectivity index (χ0v) is 5.95. The smallest absolute Gasteiger partial charge is 0.100 e. The first kappa shape index (κ1) is 5.92. The van der Waals surface area contributed by atoms with Crippen LogP contribution in [0.15, 0.2) is 12.3 Å². The molecule has 1 atom stereocenters. The number of nitrogens with zero attached hydrogens (tertiary/aromatic N) is 2. The Morgan fingerprint density at radius 3 is 3.20 bits per heavy atom. The normalized spacial score (nSPS) is 23.1. The van der Waals surface area contributed by atoms with Gasteiger partial charge >= 0.3 is 0 Å². The number of ether oxygens (including phenoxy) is 1. The Hall–Kier alpha value is -0.830. The lowest BCUT2D eigenvalue weighted by atomic mass is 10.4. The molecule has 0 amide bonds. The number of hydrogen-bond donors (Lipinski definition) is 0. The number of hydrogen-bond acceptors (Lipinski definition) is 2. The van der Waals surface area contributed by atoms with Crippen molar-refractivity contribution in [2.24, 2.45) is 0 Å². The Bertz CT molecular complexity index is 227. The second kappa shape index (κ2) is 2.09. The first-order chi connectivity index (χ1) is 4.86. The highest BCUT2D eigenvalue weighted by atomic mass is 16.6. The maximum absolute atomic E-state index is 5.08. The molecule has 0 saturated carbocycles. The van der Waals surface area contributed by atoms with E-state index in [2.05, 4.69) is 12.0 Å². The maximum Gasteiger partial charge on any atom is 0.100 e. The summed E-state index contributed by atoms with van der Waals surface area (Å²) < 4.78 is 7.05. The van der Waals surface area contributed by atoms with E-state index < -0.39 is 0 Å². The van der Waals surface area contributed by atoms with Crippen molar-refractivity contribution in [2.75, 3.05) is 6.61 Å². The van der Waals surface area contributed by atoms with Gasteiger partial charge in [0.05, 0.1) is 13.2 Å². The van der Waals surface area contributed by atoms with Crippen LogP contribution in [0, 0.1) is 6.92 Å². The molecule has 3 heteroatoms. The molecule has 0 spiro atoms. The zero-order valence-electron chi connectivity index (χ0n) is 5.95. The molecular formula is C7H10N2O. The van der Waals surface area contributed by atoms with E-state index >= 15 is 0 Å². The molecule has 2 rings (SSSR count). The fraction of sp³-hybridized carbons (Fsp3) is 0.571. The summed E-state index contributed by atoms with van der Waals surface area (Å²) in [6.07, 6.45) is 2.25. The molecule has 0 N–H and O–H groups in total. The molecule has 0 bridgehead atoms. The van der Waals surface area contributed by atoms with Crippen LogP contribution in [-0.2, 0) is 11.3 Å². The van der Waals surface area contributed by atoms with Gasteiger partial charge in [-0.3, -0.25) is 4.68 Å². The third kappa shape index (κ3) is 1.04. The molecule has 0 aromatic carbocycles. The van der Waals surface area contributed by atoms with Gasteiger partial charge in [0.1, 0.15) is 6.10 Å². The Labute approximate surface area is 59.6 Å². The summed E-state index contributed by atoms with van der Waals surface area (Å²) in [6.45, 7) is 3.87. The number of aryl methyl sites for hydroxylation is 1. The van der Waals surface area contributed by atoms with Crippen molar-refractivity contribution in [3.05, 3.63) is 18.0 Å². The van der Waals surface area contributed by atoms with Gasteiger partial charge in [0.15, 0.2) is 0 Å². The van der Waals surface area contributed by atoms with Crippen molar-refractivity contribution < 1.29 is 4.74 Å². The van der Waals surface area contributed by atoms with Crippen molar-refractivity contribution in [1.82, 2.24) is 9.78 Å². The molecule has 0 radical (unpaired) electrons. The quantitative estimate of drug-likeness (QED) is 0.560. The Morgan fingerprint density at radius 2 is 2.70 bits per heavy atom. The lowest BCUT2D eigenvalue weighted by Gasteiger charge is -1.98.